The quantitative estimate of drug-likeness (QED) is 0.800. The summed E-state index contributed by atoms with van der Waals surface area (Å²) in [7, 11) is 0. The minimum absolute atomic E-state index is 0.0447. The van der Waals surface area contributed by atoms with Gasteiger partial charge in [-0.05, 0) is 30.5 Å². The lowest BCUT2D eigenvalue weighted by molar-refractivity contribution is -0.123. The van der Waals surface area contributed by atoms with Crippen LogP contribution in [0.15, 0.2) is 43.0 Å². The molecule has 2 rings (SSSR count). The van der Waals surface area contributed by atoms with Gasteiger partial charge in [0.1, 0.15) is 18.4 Å². The zero-order chi connectivity index (χ0) is 15.9. The Bertz CT molecular complexity index is 576. The Morgan fingerprint density at radius 2 is 2.00 bits per heavy atom. The van der Waals surface area contributed by atoms with E-state index in [1.54, 1.807) is 23.3 Å². The highest BCUT2D eigenvalue weighted by atomic mass is 16.5. The number of nitrogens with one attached hydrogen (secondary N) is 1. The second-order valence-corrected chi connectivity index (χ2v) is 5.55. The molecule has 0 aliphatic heterocycles. The van der Waals surface area contributed by atoms with E-state index in [9.17, 15) is 4.79 Å². The van der Waals surface area contributed by atoms with Gasteiger partial charge in [0.25, 0.3) is 0 Å². The van der Waals surface area contributed by atoms with Crippen LogP contribution in [0.3, 0.4) is 0 Å². The third-order valence-corrected chi connectivity index (χ3v) is 3.57. The fourth-order valence-corrected chi connectivity index (χ4v) is 2.07. The number of carbonyl (C=O) groups excluding carboxylic acids is 1. The second-order valence-electron chi connectivity index (χ2n) is 5.55. The number of aromatic nitrogens is 2. The van der Waals surface area contributed by atoms with Crippen LogP contribution in [0.25, 0.3) is 0 Å². The van der Waals surface area contributed by atoms with Gasteiger partial charge in [0, 0.05) is 12.4 Å². The van der Waals surface area contributed by atoms with Gasteiger partial charge in [-0.25, -0.2) is 4.98 Å². The summed E-state index contributed by atoms with van der Waals surface area (Å²) in [5, 5.41) is 2.86. The van der Waals surface area contributed by atoms with Crippen molar-refractivity contribution in [2.75, 3.05) is 13.2 Å². The average Bonchev–Trinajstić information content (AvgIpc) is 3.05. The largest absolute Gasteiger partial charge is 0.492 e. The topological polar surface area (TPSA) is 56.1 Å². The molecule has 0 spiro atoms. The fourth-order valence-electron chi connectivity index (χ4n) is 2.07. The maximum atomic E-state index is 12.0. The van der Waals surface area contributed by atoms with E-state index in [1.807, 2.05) is 19.1 Å². The predicted octanol–water partition coefficient (Wildman–Crippen LogP) is 2.76. The smallest absolute Gasteiger partial charge is 0.242 e. The Balaban J connectivity index is 1.71. The Labute approximate surface area is 131 Å². The molecule has 2 aromatic rings. The first-order chi connectivity index (χ1) is 10.6. The van der Waals surface area contributed by atoms with Crippen molar-refractivity contribution >= 4 is 5.91 Å². The molecular formula is C17H23N3O2. The number of benzene rings is 1. The van der Waals surface area contributed by atoms with Crippen molar-refractivity contribution < 1.29 is 9.53 Å². The minimum Gasteiger partial charge on any atom is -0.492 e. The van der Waals surface area contributed by atoms with Crippen molar-refractivity contribution in [3.63, 3.8) is 0 Å². The number of rotatable bonds is 7. The molecule has 1 amide bonds. The molecule has 1 atom stereocenters. The number of ether oxygens (including phenoxy) is 1. The average molecular weight is 301 g/mol. The van der Waals surface area contributed by atoms with Crippen molar-refractivity contribution in [2.45, 2.75) is 32.7 Å². The van der Waals surface area contributed by atoms with E-state index >= 15 is 0 Å². The number of imidazole rings is 1. The molecule has 1 aromatic heterocycles. The highest BCUT2D eigenvalue weighted by Crippen LogP contribution is 2.18. The van der Waals surface area contributed by atoms with E-state index in [0.29, 0.717) is 19.1 Å². The van der Waals surface area contributed by atoms with Gasteiger partial charge in [-0.1, -0.05) is 26.0 Å². The first-order valence-electron chi connectivity index (χ1n) is 7.56. The summed E-state index contributed by atoms with van der Waals surface area (Å²) < 4.78 is 7.39. The lowest BCUT2D eigenvalue weighted by Gasteiger charge is -2.14. The van der Waals surface area contributed by atoms with Crippen LogP contribution in [0.4, 0.5) is 0 Å². The first kappa shape index (κ1) is 16.1. The number of hydrogen-bond donors (Lipinski definition) is 1. The van der Waals surface area contributed by atoms with E-state index in [0.717, 1.165) is 5.75 Å². The number of amides is 1. The van der Waals surface area contributed by atoms with Gasteiger partial charge in [-0.2, -0.15) is 0 Å². The number of hydrogen-bond acceptors (Lipinski definition) is 3. The second kappa shape index (κ2) is 7.64. The molecule has 1 N–H and O–H groups in total. The van der Waals surface area contributed by atoms with Gasteiger partial charge in [0.2, 0.25) is 5.91 Å². The monoisotopic (exact) mass is 301 g/mol. The normalized spacial score (nSPS) is 12.2. The SMILES string of the molecule is CC(C)c1ccc(OCCNC(=O)C(C)n2ccnc2)cc1. The molecule has 22 heavy (non-hydrogen) atoms. The fraction of sp³-hybridized carbons (Fsp3) is 0.412. The van der Waals surface area contributed by atoms with Crippen molar-refractivity contribution in [3.05, 3.63) is 48.5 Å². The van der Waals surface area contributed by atoms with Crippen LogP contribution in [0, 0.1) is 0 Å². The molecule has 118 valence electrons. The van der Waals surface area contributed by atoms with Crippen LogP contribution >= 0.6 is 0 Å². The number of nitrogens with zero attached hydrogens (tertiary/aromatic N) is 2. The lowest BCUT2D eigenvalue weighted by Crippen LogP contribution is -2.33. The Morgan fingerprint density at radius 3 is 2.59 bits per heavy atom. The summed E-state index contributed by atoms with van der Waals surface area (Å²) >= 11 is 0. The molecule has 5 nitrogen and oxygen atoms in total. The van der Waals surface area contributed by atoms with Crippen molar-refractivity contribution in [3.8, 4) is 5.75 Å². The standard InChI is InChI=1S/C17H23N3O2/c1-13(2)15-4-6-16(7-5-15)22-11-9-19-17(21)14(3)20-10-8-18-12-20/h4-8,10,12-14H,9,11H2,1-3H3,(H,19,21). The zero-order valence-electron chi connectivity index (χ0n) is 13.3. The molecule has 0 bridgehead atoms. The Morgan fingerprint density at radius 1 is 1.27 bits per heavy atom. The third-order valence-electron chi connectivity index (χ3n) is 3.57. The highest BCUT2D eigenvalue weighted by molar-refractivity contribution is 5.79. The van der Waals surface area contributed by atoms with Gasteiger partial charge in [0.05, 0.1) is 12.9 Å². The van der Waals surface area contributed by atoms with Crippen LogP contribution in [0.1, 0.15) is 38.3 Å². The molecule has 0 saturated heterocycles. The highest BCUT2D eigenvalue weighted by Gasteiger charge is 2.13. The third kappa shape index (κ3) is 4.35. The van der Waals surface area contributed by atoms with E-state index in [4.69, 9.17) is 4.74 Å². The molecule has 1 unspecified atom stereocenters. The maximum Gasteiger partial charge on any atom is 0.242 e. The summed E-state index contributed by atoms with van der Waals surface area (Å²) in [6.45, 7) is 7.08. The van der Waals surface area contributed by atoms with Crippen LogP contribution in [-0.4, -0.2) is 28.6 Å². The molecule has 0 saturated carbocycles. The minimum atomic E-state index is -0.271. The predicted molar refractivity (Wildman–Crippen MR) is 86.0 cm³/mol. The summed E-state index contributed by atoms with van der Waals surface area (Å²) in [6.07, 6.45) is 5.07. The van der Waals surface area contributed by atoms with Crippen LogP contribution in [0.2, 0.25) is 0 Å². The van der Waals surface area contributed by atoms with Gasteiger partial charge in [-0.15, -0.1) is 0 Å². The van der Waals surface area contributed by atoms with E-state index in [2.05, 4.69) is 36.3 Å². The van der Waals surface area contributed by atoms with Gasteiger partial charge < -0.3 is 14.6 Å². The first-order valence-corrected chi connectivity index (χ1v) is 7.56. The molecule has 0 aliphatic rings. The van der Waals surface area contributed by atoms with Crippen molar-refractivity contribution in [1.82, 2.24) is 14.9 Å². The summed E-state index contributed by atoms with van der Waals surface area (Å²) in [6, 6.07) is 7.79. The van der Waals surface area contributed by atoms with Crippen molar-refractivity contribution in [1.29, 1.82) is 0 Å². The molecule has 5 heteroatoms. The molecule has 1 heterocycles. The Kier molecular flexibility index (Phi) is 5.58. The van der Waals surface area contributed by atoms with Crippen LogP contribution in [-0.2, 0) is 4.79 Å². The summed E-state index contributed by atoms with van der Waals surface area (Å²) in [5.74, 6) is 1.29. The molecule has 1 aromatic carbocycles. The van der Waals surface area contributed by atoms with Crippen molar-refractivity contribution in [2.24, 2.45) is 0 Å². The number of carbonyl (C=O) groups is 1. The molecular weight excluding hydrogens is 278 g/mol. The zero-order valence-corrected chi connectivity index (χ0v) is 13.3. The molecule has 0 aliphatic carbocycles. The van der Waals surface area contributed by atoms with Crippen LogP contribution in [0.5, 0.6) is 5.75 Å². The summed E-state index contributed by atoms with van der Waals surface area (Å²) in [5.41, 5.74) is 1.29. The Hall–Kier alpha value is -2.30. The van der Waals surface area contributed by atoms with Crippen LogP contribution < -0.4 is 10.1 Å². The maximum absolute atomic E-state index is 12.0. The molecule has 0 radical (unpaired) electrons. The van der Waals surface area contributed by atoms with E-state index in [1.165, 1.54) is 5.56 Å². The van der Waals surface area contributed by atoms with Gasteiger partial charge in [0.15, 0.2) is 0 Å². The lowest BCUT2D eigenvalue weighted by atomic mass is 10.0. The van der Waals surface area contributed by atoms with E-state index < -0.39 is 0 Å². The molecule has 0 fully saturated rings. The van der Waals surface area contributed by atoms with Gasteiger partial charge in [-0.3, -0.25) is 4.79 Å². The summed E-state index contributed by atoms with van der Waals surface area (Å²) in [4.78, 5) is 15.9. The van der Waals surface area contributed by atoms with E-state index in [-0.39, 0.29) is 11.9 Å². The van der Waals surface area contributed by atoms with Gasteiger partial charge >= 0.3 is 0 Å².